The van der Waals surface area contributed by atoms with E-state index in [9.17, 15) is 4.79 Å². The maximum atomic E-state index is 11.7. The summed E-state index contributed by atoms with van der Waals surface area (Å²) in [6.45, 7) is 2.90. The molecule has 4 nitrogen and oxygen atoms in total. The van der Waals surface area contributed by atoms with E-state index in [1.165, 1.54) is 12.8 Å². The fraction of sp³-hybridized carbons (Fsp3) is 0.909. The number of aliphatic hydroxyl groups is 1. The van der Waals surface area contributed by atoms with Crippen LogP contribution >= 0.6 is 0 Å². The molecule has 1 fully saturated rings. The number of carbonyl (C=O) groups excluding carboxylic acids is 1. The van der Waals surface area contributed by atoms with Crippen molar-refractivity contribution in [3.05, 3.63) is 0 Å². The van der Waals surface area contributed by atoms with Crippen molar-refractivity contribution in [1.29, 1.82) is 0 Å². The van der Waals surface area contributed by atoms with Crippen LogP contribution in [0.25, 0.3) is 0 Å². The second kappa shape index (κ2) is 6.67. The lowest BCUT2D eigenvalue weighted by atomic mass is 10.1. The van der Waals surface area contributed by atoms with Crippen LogP contribution < -0.4 is 0 Å². The van der Waals surface area contributed by atoms with Crippen molar-refractivity contribution in [2.24, 2.45) is 0 Å². The largest absolute Gasteiger partial charge is 0.447 e. The molecule has 1 amide bonds. The maximum Gasteiger partial charge on any atom is 0.410 e. The summed E-state index contributed by atoms with van der Waals surface area (Å²) in [7, 11) is 0. The van der Waals surface area contributed by atoms with Gasteiger partial charge in [0, 0.05) is 12.6 Å². The predicted molar refractivity (Wildman–Crippen MR) is 57.7 cm³/mol. The zero-order chi connectivity index (χ0) is 11.1. The van der Waals surface area contributed by atoms with Gasteiger partial charge in [0.25, 0.3) is 0 Å². The first-order chi connectivity index (χ1) is 7.29. The van der Waals surface area contributed by atoms with Gasteiger partial charge in [-0.05, 0) is 19.3 Å². The average Bonchev–Trinajstić information content (AvgIpc) is 2.50. The van der Waals surface area contributed by atoms with E-state index in [0.29, 0.717) is 6.04 Å². The Balaban J connectivity index is 2.49. The Hall–Kier alpha value is -0.770. The normalized spacial score (nSPS) is 22.3. The molecule has 1 heterocycles. The molecule has 15 heavy (non-hydrogen) atoms. The first-order valence-electron chi connectivity index (χ1n) is 5.83. The number of hydrogen-bond acceptors (Lipinski definition) is 3. The molecule has 1 atom stereocenters. The lowest BCUT2D eigenvalue weighted by Gasteiger charge is -2.28. The minimum absolute atomic E-state index is 0.101. The van der Waals surface area contributed by atoms with E-state index in [1.807, 2.05) is 4.90 Å². The van der Waals surface area contributed by atoms with Gasteiger partial charge in [0.2, 0.25) is 0 Å². The highest BCUT2D eigenvalue weighted by molar-refractivity contribution is 5.68. The smallest absolute Gasteiger partial charge is 0.410 e. The molecule has 1 N–H and O–H groups in total. The monoisotopic (exact) mass is 215 g/mol. The van der Waals surface area contributed by atoms with E-state index >= 15 is 0 Å². The third kappa shape index (κ3) is 3.70. The Kier molecular flexibility index (Phi) is 5.47. The summed E-state index contributed by atoms with van der Waals surface area (Å²) in [5.74, 6) is 0. The lowest BCUT2D eigenvalue weighted by molar-refractivity contribution is 0.0710. The molecule has 0 aromatic rings. The molecule has 88 valence electrons. The molecule has 0 spiro atoms. The maximum absolute atomic E-state index is 11.7. The first-order valence-corrected chi connectivity index (χ1v) is 5.83. The Labute approximate surface area is 91.2 Å². The third-order valence-corrected chi connectivity index (χ3v) is 2.90. The van der Waals surface area contributed by atoms with Crippen LogP contribution in [0, 0.1) is 0 Å². The van der Waals surface area contributed by atoms with E-state index in [1.54, 1.807) is 0 Å². The van der Waals surface area contributed by atoms with Gasteiger partial charge in [-0.15, -0.1) is 0 Å². The molecular formula is C11H21NO3. The highest BCUT2D eigenvalue weighted by Crippen LogP contribution is 2.19. The van der Waals surface area contributed by atoms with Crippen LogP contribution in [0.1, 0.15) is 39.0 Å². The number of rotatable bonds is 3. The minimum atomic E-state index is -0.266. The summed E-state index contributed by atoms with van der Waals surface area (Å²) in [5, 5.41) is 8.60. The van der Waals surface area contributed by atoms with Gasteiger partial charge >= 0.3 is 6.09 Å². The number of hydrogen-bond donors (Lipinski definition) is 1. The molecule has 1 saturated heterocycles. The number of carbonyl (C=O) groups is 1. The van der Waals surface area contributed by atoms with Crippen LogP contribution in [0.5, 0.6) is 0 Å². The first kappa shape index (κ1) is 12.3. The molecular weight excluding hydrogens is 194 g/mol. The van der Waals surface area contributed by atoms with E-state index in [2.05, 4.69) is 6.92 Å². The molecule has 1 aliphatic rings. The molecule has 0 saturated carbocycles. The van der Waals surface area contributed by atoms with E-state index in [4.69, 9.17) is 9.84 Å². The van der Waals surface area contributed by atoms with Crippen molar-refractivity contribution < 1.29 is 14.6 Å². The van der Waals surface area contributed by atoms with Crippen molar-refractivity contribution in [3.63, 3.8) is 0 Å². The summed E-state index contributed by atoms with van der Waals surface area (Å²) >= 11 is 0. The van der Waals surface area contributed by atoms with Gasteiger partial charge in [-0.3, -0.25) is 0 Å². The van der Waals surface area contributed by atoms with Gasteiger partial charge < -0.3 is 14.7 Å². The van der Waals surface area contributed by atoms with E-state index in [0.717, 1.165) is 25.8 Å². The van der Waals surface area contributed by atoms with Crippen LogP contribution in [0.15, 0.2) is 0 Å². The fourth-order valence-electron chi connectivity index (χ4n) is 2.06. The Morgan fingerprint density at radius 2 is 2.27 bits per heavy atom. The van der Waals surface area contributed by atoms with Crippen molar-refractivity contribution in [3.8, 4) is 0 Å². The second-order valence-electron chi connectivity index (χ2n) is 3.94. The summed E-state index contributed by atoms with van der Waals surface area (Å²) in [4.78, 5) is 13.5. The zero-order valence-corrected chi connectivity index (χ0v) is 9.45. The van der Waals surface area contributed by atoms with Crippen LogP contribution in [-0.4, -0.2) is 41.9 Å². The number of ether oxygens (including phenoxy) is 1. The van der Waals surface area contributed by atoms with Gasteiger partial charge in [0.1, 0.15) is 6.61 Å². The number of amides is 1. The SMILES string of the molecule is CCC1CCCCCN1C(=O)OCCO. The second-order valence-corrected chi connectivity index (χ2v) is 3.94. The molecule has 1 unspecified atom stereocenters. The minimum Gasteiger partial charge on any atom is -0.447 e. The van der Waals surface area contributed by atoms with Crippen molar-refractivity contribution in [2.45, 2.75) is 45.1 Å². The quantitative estimate of drug-likeness (QED) is 0.780. The Morgan fingerprint density at radius 1 is 1.47 bits per heavy atom. The van der Waals surface area contributed by atoms with Crippen LogP contribution in [0.3, 0.4) is 0 Å². The summed E-state index contributed by atoms with van der Waals surface area (Å²) in [6, 6.07) is 0.318. The van der Waals surface area contributed by atoms with Crippen LogP contribution in [0.2, 0.25) is 0 Å². The van der Waals surface area contributed by atoms with Gasteiger partial charge in [-0.25, -0.2) is 4.79 Å². The molecule has 0 bridgehead atoms. The standard InChI is InChI=1S/C11H21NO3/c1-2-10-6-4-3-5-7-12(10)11(14)15-9-8-13/h10,13H,2-9H2,1H3. The van der Waals surface area contributed by atoms with Crippen molar-refractivity contribution in [2.75, 3.05) is 19.8 Å². The lowest BCUT2D eigenvalue weighted by Crippen LogP contribution is -2.40. The number of aliphatic hydroxyl groups excluding tert-OH is 1. The van der Waals surface area contributed by atoms with E-state index in [-0.39, 0.29) is 19.3 Å². The van der Waals surface area contributed by atoms with Crippen LogP contribution in [0.4, 0.5) is 4.79 Å². The summed E-state index contributed by atoms with van der Waals surface area (Å²) < 4.78 is 4.96. The van der Waals surface area contributed by atoms with Gasteiger partial charge in [-0.1, -0.05) is 19.8 Å². The molecule has 4 heteroatoms. The third-order valence-electron chi connectivity index (χ3n) is 2.90. The Bertz CT molecular complexity index is 196. The molecule has 1 aliphatic heterocycles. The molecule has 0 aromatic heterocycles. The molecule has 0 aromatic carbocycles. The van der Waals surface area contributed by atoms with Crippen LogP contribution in [-0.2, 0) is 4.74 Å². The number of nitrogens with zero attached hydrogens (tertiary/aromatic N) is 1. The van der Waals surface area contributed by atoms with Crippen molar-refractivity contribution >= 4 is 6.09 Å². The fourth-order valence-corrected chi connectivity index (χ4v) is 2.06. The van der Waals surface area contributed by atoms with Gasteiger partial charge in [0.05, 0.1) is 6.61 Å². The topological polar surface area (TPSA) is 49.8 Å². The highest BCUT2D eigenvalue weighted by Gasteiger charge is 2.24. The van der Waals surface area contributed by atoms with Gasteiger partial charge in [0.15, 0.2) is 0 Å². The zero-order valence-electron chi connectivity index (χ0n) is 9.45. The summed E-state index contributed by atoms with van der Waals surface area (Å²) in [6.07, 6.45) is 5.24. The highest BCUT2D eigenvalue weighted by atomic mass is 16.6. The van der Waals surface area contributed by atoms with Gasteiger partial charge in [-0.2, -0.15) is 0 Å². The van der Waals surface area contributed by atoms with Crippen molar-refractivity contribution in [1.82, 2.24) is 4.90 Å². The average molecular weight is 215 g/mol. The predicted octanol–water partition coefficient (Wildman–Crippen LogP) is 1.77. The molecule has 0 radical (unpaired) electrons. The molecule has 1 rings (SSSR count). The Morgan fingerprint density at radius 3 is 2.93 bits per heavy atom. The summed E-state index contributed by atoms with van der Waals surface area (Å²) in [5.41, 5.74) is 0. The van der Waals surface area contributed by atoms with E-state index < -0.39 is 0 Å². The molecule has 0 aliphatic carbocycles. The number of likely N-dealkylation sites (tertiary alicyclic amines) is 1.